The average molecular weight is 363 g/mol. The fourth-order valence-electron chi connectivity index (χ4n) is 2.81. The van der Waals surface area contributed by atoms with Gasteiger partial charge in [0.1, 0.15) is 5.75 Å². The first kappa shape index (κ1) is 19.9. The quantitative estimate of drug-likeness (QED) is 0.795. The molecule has 0 aromatic heterocycles. The molecule has 1 amide bonds. The molecular formula is C20H30N2O2S. The SMILES string of the molecule is CN(C)N1CS/C(=C\c2cc(C(C)(C)C)c(O)c(C(C)(C)C)c2)C1=O. The Morgan fingerprint density at radius 3 is 1.92 bits per heavy atom. The van der Waals surface area contributed by atoms with Crippen LogP contribution in [0.25, 0.3) is 6.08 Å². The Hall–Kier alpha value is -1.46. The summed E-state index contributed by atoms with van der Waals surface area (Å²) in [6.45, 7) is 12.6. The zero-order chi connectivity index (χ0) is 19.2. The molecule has 1 saturated heterocycles. The van der Waals surface area contributed by atoms with Crippen LogP contribution in [-0.2, 0) is 15.6 Å². The number of phenols is 1. The van der Waals surface area contributed by atoms with Crippen molar-refractivity contribution in [3.8, 4) is 5.75 Å². The summed E-state index contributed by atoms with van der Waals surface area (Å²) < 4.78 is 0. The van der Waals surface area contributed by atoms with E-state index < -0.39 is 0 Å². The van der Waals surface area contributed by atoms with Gasteiger partial charge in [-0.25, -0.2) is 5.01 Å². The maximum Gasteiger partial charge on any atom is 0.275 e. The number of nitrogens with zero attached hydrogens (tertiary/aromatic N) is 2. The highest BCUT2D eigenvalue weighted by Crippen LogP contribution is 2.41. The Labute approximate surface area is 155 Å². The lowest BCUT2D eigenvalue weighted by Gasteiger charge is -2.28. The van der Waals surface area contributed by atoms with Crippen LogP contribution in [0.3, 0.4) is 0 Å². The third-order valence-corrected chi connectivity index (χ3v) is 5.29. The van der Waals surface area contributed by atoms with Gasteiger partial charge in [0, 0.05) is 25.2 Å². The second-order valence-corrected chi connectivity index (χ2v) is 9.79. The number of aromatic hydroxyl groups is 1. The average Bonchev–Trinajstić information content (AvgIpc) is 2.79. The number of carbonyl (C=O) groups is 1. The molecule has 1 N–H and O–H groups in total. The summed E-state index contributed by atoms with van der Waals surface area (Å²) >= 11 is 1.55. The van der Waals surface area contributed by atoms with E-state index in [2.05, 4.69) is 41.5 Å². The first-order valence-electron chi connectivity index (χ1n) is 8.54. The number of hydrogen-bond acceptors (Lipinski definition) is 4. The molecule has 4 nitrogen and oxygen atoms in total. The standard InChI is InChI=1S/C20H30N2O2S/c1-19(2,3)14-9-13(10-15(17(14)23)20(4,5)6)11-16-18(24)22(12-25-16)21(7)8/h9-11,23H,12H2,1-8H3/b16-11-. The van der Waals surface area contributed by atoms with Crippen molar-refractivity contribution < 1.29 is 9.90 Å². The van der Waals surface area contributed by atoms with E-state index in [0.717, 1.165) is 21.6 Å². The van der Waals surface area contributed by atoms with Gasteiger partial charge < -0.3 is 5.11 Å². The minimum absolute atomic E-state index is 0.0256. The third-order valence-electron chi connectivity index (χ3n) is 4.32. The summed E-state index contributed by atoms with van der Waals surface area (Å²) in [7, 11) is 3.74. The molecule has 5 heteroatoms. The van der Waals surface area contributed by atoms with Gasteiger partial charge in [-0.15, -0.1) is 0 Å². The van der Waals surface area contributed by atoms with Gasteiger partial charge in [-0.3, -0.25) is 9.80 Å². The Morgan fingerprint density at radius 2 is 1.56 bits per heavy atom. The molecule has 1 aromatic rings. The summed E-state index contributed by atoms with van der Waals surface area (Å²) in [5.41, 5.74) is 2.42. The summed E-state index contributed by atoms with van der Waals surface area (Å²) in [6.07, 6.45) is 1.94. The Bertz CT molecular complexity index is 674. The predicted octanol–water partition coefficient (Wildman–Crippen LogP) is 4.34. The highest BCUT2D eigenvalue weighted by Gasteiger charge is 2.30. The van der Waals surface area contributed by atoms with Crippen molar-refractivity contribution in [1.29, 1.82) is 0 Å². The van der Waals surface area contributed by atoms with Crippen LogP contribution in [0.2, 0.25) is 0 Å². The van der Waals surface area contributed by atoms with E-state index >= 15 is 0 Å². The molecule has 1 aliphatic heterocycles. The van der Waals surface area contributed by atoms with Crippen molar-refractivity contribution in [3.05, 3.63) is 33.7 Å². The predicted molar refractivity (Wildman–Crippen MR) is 106 cm³/mol. The van der Waals surface area contributed by atoms with E-state index in [4.69, 9.17) is 0 Å². The summed E-state index contributed by atoms with van der Waals surface area (Å²) in [6, 6.07) is 4.01. The van der Waals surface area contributed by atoms with Crippen LogP contribution < -0.4 is 0 Å². The molecule has 0 radical (unpaired) electrons. The van der Waals surface area contributed by atoms with Crippen molar-refractivity contribution in [2.75, 3.05) is 20.0 Å². The molecule has 2 rings (SSSR count). The first-order chi connectivity index (χ1) is 11.3. The highest BCUT2D eigenvalue weighted by atomic mass is 32.2. The molecule has 1 aliphatic rings. The maximum absolute atomic E-state index is 12.5. The third kappa shape index (κ3) is 4.21. The minimum Gasteiger partial charge on any atom is -0.507 e. The zero-order valence-electron chi connectivity index (χ0n) is 16.6. The Kier molecular flexibility index (Phi) is 5.31. The molecule has 0 aliphatic carbocycles. The van der Waals surface area contributed by atoms with Crippen LogP contribution in [0.4, 0.5) is 0 Å². The monoisotopic (exact) mass is 362 g/mol. The van der Waals surface area contributed by atoms with E-state index in [1.165, 1.54) is 0 Å². The van der Waals surface area contributed by atoms with Gasteiger partial charge in [-0.05, 0) is 34.6 Å². The summed E-state index contributed by atoms with van der Waals surface area (Å²) in [5, 5.41) is 14.3. The molecule has 0 unspecified atom stereocenters. The molecule has 1 aromatic carbocycles. The highest BCUT2D eigenvalue weighted by molar-refractivity contribution is 8.04. The van der Waals surface area contributed by atoms with Crippen LogP contribution in [0.15, 0.2) is 17.0 Å². The van der Waals surface area contributed by atoms with Gasteiger partial charge in [0.15, 0.2) is 0 Å². The van der Waals surface area contributed by atoms with Crippen molar-refractivity contribution >= 4 is 23.7 Å². The van der Waals surface area contributed by atoms with E-state index in [1.54, 1.807) is 16.8 Å². The van der Waals surface area contributed by atoms with Gasteiger partial charge in [0.25, 0.3) is 5.91 Å². The molecule has 0 atom stereocenters. The molecule has 1 heterocycles. The minimum atomic E-state index is -0.179. The molecule has 0 saturated carbocycles. The van der Waals surface area contributed by atoms with Crippen molar-refractivity contribution in [2.24, 2.45) is 0 Å². The summed E-state index contributed by atoms with van der Waals surface area (Å²) in [4.78, 5) is 13.3. The van der Waals surface area contributed by atoms with Crippen LogP contribution in [-0.4, -0.2) is 41.0 Å². The van der Waals surface area contributed by atoms with Crippen molar-refractivity contribution in [2.45, 2.75) is 52.4 Å². The number of rotatable bonds is 2. The topological polar surface area (TPSA) is 43.8 Å². The van der Waals surface area contributed by atoms with Gasteiger partial charge >= 0.3 is 0 Å². The maximum atomic E-state index is 12.5. The lowest BCUT2D eigenvalue weighted by Crippen LogP contribution is -2.37. The fourth-order valence-corrected chi connectivity index (χ4v) is 3.87. The number of hydrazine groups is 1. The van der Waals surface area contributed by atoms with Gasteiger partial charge in [-0.2, -0.15) is 0 Å². The van der Waals surface area contributed by atoms with Crippen LogP contribution in [0.5, 0.6) is 5.75 Å². The largest absolute Gasteiger partial charge is 0.507 e. The number of phenolic OH excluding ortho intramolecular Hbond substituents is 1. The zero-order valence-corrected chi connectivity index (χ0v) is 17.4. The molecule has 138 valence electrons. The molecule has 0 bridgehead atoms. The van der Waals surface area contributed by atoms with Crippen molar-refractivity contribution in [3.63, 3.8) is 0 Å². The first-order valence-corrected chi connectivity index (χ1v) is 9.52. The Morgan fingerprint density at radius 1 is 1.08 bits per heavy atom. The lowest BCUT2D eigenvalue weighted by atomic mass is 9.78. The number of hydrogen-bond donors (Lipinski definition) is 1. The van der Waals surface area contributed by atoms with Crippen LogP contribution in [0, 0.1) is 0 Å². The number of benzene rings is 1. The fraction of sp³-hybridized carbons (Fsp3) is 0.550. The van der Waals surface area contributed by atoms with Crippen LogP contribution in [0.1, 0.15) is 58.2 Å². The number of carbonyl (C=O) groups excluding carboxylic acids is 1. The van der Waals surface area contributed by atoms with Gasteiger partial charge in [0.2, 0.25) is 0 Å². The van der Waals surface area contributed by atoms with Gasteiger partial charge in [0.05, 0.1) is 10.8 Å². The number of thioether (sulfide) groups is 1. The molecule has 25 heavy (non-hydrogen) atoms. The van der Waals surface area contributed by atoms with Gasteiger partial charge in [-0.1, -0.05) is 53.3 Å². The normalized spacial score (nSPS) is 17.9. The summed E-state index contributed by atoms with van der Waals surface area (Å²) in [5.74, 6) is 1.02. The van der Waals surface area contributed by atoms with E-state index in [9.17, 15) is 9.90 Å². The second kappa shape index (κ2) is 6.69. The lowest BCUT2D eigenvalue weighted by molar-refractivity contribution is -0.136. The molecular weight excluding hydrogens is 332 g/mol. The van der Waals surface area contributed by atoms with Crippen LogP contribution >= 0.6 is 11.8 Å². The van der Waals surface area contributed by atoms with E-state index in [-0.39, 0.29) is 16.7 Å². The molecule has 1 fully saturated rings. The Balaban J connectivity index is 2.56. The van der Waals surface area contributed by atoms with Crippen molar-refractivity contribution in [1.82, 2.24) is 10.0 Å². The smallest absolute Gasteiger partial charge is 0.275 e. The van der Waals surface area contributed by atoms with E-state index in [0.29, 0.717) is 11.6 Å². The molecule has 0 spiro atoms. The number of amides is 1. The second-order valence-electron chi connectivity index (χ2n) is 8.80. The van der Waals surface area contributed by atoms with E-state index in [1.807, 2.05) is 37.3 Å².